The number of hydrogen-bond donors (Lipinski definition) is 3. The minimum absolute atomic E-state index is 0.0255. The number of ether oxygens (including phenoxy) is 1. The van der Waals surface area contributed by atoms with Crippen LogP contribution in [0.25, 0.3) is 0 Å². The second-order valence-corrected chi connectivity index (χ2v) is 9.93. The van der Waals surface area contributed by atoms with Crippen LogP contribution in [0.15, 0.2) is 41.3 Å². The standard InChI is InChI=1S/C21H25FN4O7S/c1-13-17(22)10-14(11-18(13)26(29)30)19(27)25-15-6-5-7-16(12-15)34(31,32)24-9-8-23-20(28)33-21(2,3)4/h5-7,10-12,24H,8-9H2,1-4H3,(H,23,28)(H,25,27). The first-order chi connectivity index (χ1) is 15.7. The van der Waals surface area contributed by atoms with E-state index in [9.17, 15) is 32.5 Å². The van der Waals surface area contributed by atoms with Crippen molar-refractivity contribution in [1.29, 1.82) is 0 Å². The number of carbonyl (C=O) groups is 2. The zero-order chi connectivity index (χ0) is 25.7. The molecular weight excluding hydrogens is 471 g/mol. The predicted octanol–water partition coefficient (Wildman–Crippen LogP) is 3.10. The highest BCUT2D eigenvalue weighted by Crippen LogP contribution is 2.24. The molecular formula is C21H25FN4O7S. The fourth-order valence-corrected chi connectivity index (χ4v) is 3.75. The monoisotopic (exact) mass is 496 g/mol. The van der Waals surface area contributed by atoms with E-state index in [1.54, 1.807) is 20.8 Å². The van der Waals surface area contributed by atoms with Crippen molar-refractivity contribution in [3.8, 4) is 0 Å². The zero-order valence-electron chi connectivity index (χ0n) is 19.0. The summed E-state index contributed by atoms with van der Waals surface area (Å²) < 4.78 is 46.4. The molecule has 2 amide bonds. The summed E-state index contributed by atoms with van der Waals surface area (Å²) in [6.45, 7) is 6.15. The molecule has 0 saturated heterocycles. The van der Waals surface area contributed by atoms with Crippen LogP contribution in [-0.2, 0) is 14.8 Å². The summed E-state index contributed by atoms with van der Waals surface area (Å²) in [5, 5.41) is 15.9. The second kappa shape index (κ2) is 10.6. The number of nitro groups is 1. The van der Waals surface area contributed by atoms with Gasteiger partial charge in [-0.15, -0.1) is 0 Å². The molecule has 0 aliphatic carbocycles. The molecule has 2 aromatic rings. The molecule has 184 valence electrons. The smallest absolute Gasteiger partial charge is 0.407 e. The summed E-state index contributed by atoms with van der Waals surface area (Å²) in [5.41, 5.74) is -1.67. The molecule has 0 unspecified atom stereocenters. The number of sulfonamides is 1. The minimum Gasteiger partial charge on any atom is -0.444 e. The summed E-state index contributed by atoms with van der Waals surface area (Å²) in [5.74, 6) is -1.77. The van der Waals surface area contributed by atoms with Crippen LogP contribution in [0.1, 0.15) is 36.7 Å². The van der Waals surface area contributed by atoms with Gasteiger partial charge in [0.2, 0.25) is 10.0 Å². The Morgan fingerprint density at radius 2 is 1.82 bits per heavy atom. The normalized spacial score (nSPS) is 11.6. The Morgan fingerprint density at radius 3 is 2.44 bits per heavy atom. The molecule has 0 aliphatic rings. The highest BCUT2D eigenvalue weighted by molar-refractivity contribution is 7.89. The fraction of sp³-hybridized carbons (Fsp3) is 0.333. The minimum atomic E-state index is -3.99. The number of hydrogen-bond acceptors (Lipinski definition) is 7. The fourth-order valence-electron chi connectivity index (χ4n) is 2.68. The lowest BCUT2D eigenvalue weighted by atomic mass is 10.1. The van der Waals surface area contributed by atoms with Crippen molar-refractivity contribution >= 4 is 33.4 Å². The van der Waals surface area contributed by atoms with Gasteiger partial charge in [-0.25, -0.2) is 22.3 Å². The van der Waals surface area contributed by atoms with Crippen LogP contribution in [0.4, 0.5) is 20.6 Å². The number of benzene rings is 2. The van der Waals surface area contributed by atoms with E-state index in [0.717, 1.165) is 12.1 Å². The number of amides is 2. The van der Waals surface area contributed by atoms with E-state index in [-0.39, 0.29) is 34.8 Å². The van der Waals surface area contributed by atoms with E-state index in [1.165, 1.54) is 31.2 Å². The number of halogens is 1. The van der Waals surface area contributed by atoms with Crippen LogP contribution in [0.5, 0.6) is 0 Å². The molecule has 0 saturated carbocycles. The molecule has 0 aromatic heterocycles. The highest BCUT2D eigenvalue weighted by atomic mass is 32.2. The van der Waals surface area contributed by atoms with Crippen molar-refractivity contribution in [2.24, 2.45) is 0 Å². The first-order valence-corrected chi connectivity index (χ1v) is 11.5. The Kier molecular flexibility index (Phi) is 8.29. The molecule has 3 N–H and O–H groups in total. The Balaban J connectivity index is 2.06. The van der Waals surface area contributed by atoms with Crippen molar-refractivity contribution in [3.05, 3.63) is 63.5 Å². The highest BCUT2D eigenvalue weighted by Gasteiger charge is 2.21. The molecule has 0 bridgehead atoms. The Bertz CT molecular complexity index is 1210. The van der Waals surface area contributed by atoms with Crippen molar-refractivity contribution in [3.63, 3.8) is 0 Å². The van der Waals surface area contributed by atoms with Gasteiger partial charge >= 0.3 is 6.09 Å². The Hall–Kier alpha value is -3.58. The lowest BCUT2D eigenvalue weighted by Gasteiger charge is -2.19. The summed E-state index contributed by atoms with van der Waals surface area (Å²) >= 11 is 0. The van der Waals surface area contributed by atoms with Crippen molar-refractivity contribution in [2.45, 2.75) is 38.2 Å². The third-order valence-corrected chi connectivity index (χ3v) is 5.72. The van der Waals surface area contributed by atoms with Gasteiger partial charge < -0.3 is 15.4 Å². The predicted molar refractivity (Wildman–Crippen MR) is 122 cm³/mol. The van der Waals surface area contributed by atoms with Crippen molar-refractivity contribution < 1.29 is 32.1 Å². The van der Waals surface area contributed by atoms with Crippen LogP contribution in [0.3, 0.4) is 0 Å². The summed E-state index contributed by atoms with van der Waals surface area (Å²) in [7, 11) is -3.99. The van der Waals surface area contributed by atoms with E-state index in [1.807, 2.05) is 0 Å². The molecule has 2 rings (SSSR count). The number of nitro benzene ring substituents is 1. The van der Waals surface area contributed by atoms with Crippen LogP contribution >= 0.6 is 0 Å². The number of rotatable bonds is 8. The molecule has 13 heteroatoms. The van der Waals surface area contributed by atoms with E-state index in [4.69, 9.17) is 4.74 Å². The topological polar surface area (TPSA) is 157 Å². The van der Waals surface area contributed by atoms with Gasteiger partial charge in [0.25, 0.3) is 11.6 Å². The Labute approximate surface area is 195 Å². The number of carbonyl (C=O) groups excluding carboxylic acids is 2. The lowest BCUT2D eigenvalue weighted by molar-refractivity contribution is -0.385. The van der Waals surface area contributed by atoms with Crippen LogP contribution in [0, 0.1) is 22.9 Å². The van der Waals surface area contributed by atoms with Gasteiger partial charge in [-0.1, -0.05) is 6.07 Å². The lowest BCUT2D eigenvalue weighted by Crippen LogP contribution is -2.37. The molecule has 0 fully saturated rings. The number of nitrogens with one attached hydrogen (secondary N) is 3. The van der Waals surface area contributed by atoms with Crippen molar-refractivity contribution in [2.75, 3.05) is 18.4 Å². The molecule has 0 heterocycles. The maximum Gasteiger partial charge on any atom is 0.407 e. The van der Waals surface area contributed by atoms with Gasteiger partial charge in [0.15, 0.2) is 0 Å². The summed E-state index contributed by atoms with van der Waals surface area (Å²) in [6, 6.07) is 7.03. The first-order valence-electron chi connectivity index (χ1n) is 10.0. The maximum atomic E-state index is 14.0. The van der Waals surface area contributed by atoms with Gasteiger partial charge in [0, 0.05) is 30.4 Å². The third-order valence-electron chi connectivity index (χ3n) is 4.26. The molecule has 11 nitrogen and oxygen atoms in total. The van der Waals surface area contributed by atoms with Crippen molar-refractivity contribution in [1.82, 2.24) is 10.0 Å². The average molecular weight is 497 g/mol. The van der Waals surface area contributed by atoms with Gasteiger partial charge in [-0.2, -0.15) is 0 Å². The molecule has 34 heavy (non-hydrogen) atoms. The van der Waals surface area contributed by atoms with E-state index in [2.05, 4.69) is 15.4 Å². The van der Waals surface area contributed by atoms with Gasteiger partial charge in [-0.05, 0) is 52.0 Å². The summed E-state index contributed by atoms with van der Waals surface area (Å²) in [6.07, 6.45) is -0.691. The maximum absolute atomic E-state index is 14.0. The van der Waals surface area contributed by atoms with E-state index >= 15 is 0 Å². The van der Waals surface area contributed by atoms with Crippen LogP contribution < -0.4 is 15.4 Å². The SMILES string of the molecule is Cc1c(F)cc(C(=O)Nc2cccc(S(=O)(=O)NCCNC(=O)OC(C)(C)C)c2)cc1[N+](=O)[O-]. The largest absolute Gasteiger partial charge is 0.444 e. The van der Waals surface area contributed by atoms with Gasteiger partial charge in [-0.3, -0.25) is 14.9 Å². The Morgan fingerprint density at radius 1 is 1.15 bits per heavy atom. The number of anilines is 1. The molecule has 0 radical (unpaired) electrons. The third kappa shape index (κ3) is 7.49. The molecule has 0 aliphatic heterocycles. The molecule has 2 aromatic carbocycles. The van der Waals surface area contributed by atoms with Crippen LogP contribution in [-0.4, -0.2) is 44.0 Å². The molecule has 0 spiro atoms. The summed E-state index contributed by atoms with van der Waals surface area (Å²) in [4.78, 5) is 34.2. The quantitative estimate of drug-likeness (QED) is 0.288. The second-order valence-electron chi connectivity index (χ2n) is 8.17. The number of nitrogens with zero attached hydrogens (tertiary/aromatic N) is 1. The van der Waals surface area contributed by atoms with Gasteiger partial charge in [0.05, 0.1) is 15.4 Å². The zero-order valence-corrected chi connectivity index (χ0v) is 19.8. The number of alkyl carbamates (subject to hydrolysis) is 1. The van der Waals surface area contributed by atoms with Crippen LogP contribution in [0.2, 0.25) is 0 Å². The molecule has 0 atom stereocenters. The van der Waals surface area contributed by atoms with Gasteiger partial charge in [0.1, 0.15) is 11.4 Å². The van der Waals surface area contributed by atoms with E-state index < -0.39 is 44.1 Å². The van der Waals surface area contributed by atoms with E-state index in [0.29, 0.717) is 0 Å². The first kappa shape index (κ1) is 26.7. The average Bonchev–Trinajstić information content (AvgIpc) is 2.71.